The molecule has 0 spiro atoms. The fraction of sp³-hybridized carbons (Fsp3) is 0.308. The zero-order chi connectivity index (χ0) is 15.9. The Hall–Kier alpha value is -2.42. The number of benzene rings is 1. The Morgan fingerprint density at radius 3 is 2.50 bits per heavy atom. The number of aromatic nitrogens is 2. The molecule has 1 amide bonds. The van der Waals surface area contributed by atoms with Gasteiger partial charge in [-0.05, 0) is 24.3 Å². The lowest BCUT2D eigenvalue weighted by Gasteiger charge is -2.16. The van der Waals surface area contributed by atoms with Crippen LogP contribution in [0.2, 0.25) is 0 Å². The van der Waals surface area contributed by atoms with E-state index in [2.05, 4.69) is 10.2 Å². The molecule has 0 aliphatic carbocycles. The van der Waals surface area contributed by atoms with Crippen molar-refractivity contribution in [2.24, 2.45) is 0 Å². The van der Waals surface area contributed by atoms with Gasteiger partial charge in [0.1, 0.15) is 0 Å². The average Bonchev–Trinajstić information content (AvgIpc) is 3.04. The molecule has 0 bridgehead atoms. The maximum Gasteiger partial charge on any atom is 0.312 e. The summed E-state index contributed by atoms with van der Waals surface area (Å²) in [5.41, 5.74) is 6.02. The molecule has 1 saturated heterocycles. The van der Waals surface area contributed by atoms with Crippen molar-refractivity contribution in [3.63, 3.8) is 0 Å². The Morgan fingerprint density at radius 1 is 1.27 bits per heavy atom. The lowest BCUT2D eigenvalue weighted by molar-refractivity contribution is -0.117. The molecule has 2 N–H and O–H groups in total. The van der Waals surface area contributed by atoms with Gasteiger partial charge >= 0.3 is 6.01 Å². The molecule has 1 unspecified atom stereocenters. The maximum absolute atomic E-state index is 12.1. The normalized spacial score (nSPS) is 18.9. The lowest BCUT2D eigenvalue weighted by atomic mass is 10.1. The topological polar surface area (TPSA) is 119 Å². The van der Waals surface area contributed by atoms with E-state index in [4.69, 9.17) is 10.2 Å². The molecule has 9 heteroatoms. The van der Waals surface area contributed by atoms with E-state index in [0.717, 1.165) is 6.26 Å². The van der Waals surface area contributed by atoms with Gasteiger partial charge in [-0.1, -0.05) is 5.10 Å². The molecule has 1 aliphatic rings. The lowest BCUT2D eigenvalue weighted by Crippen LogP contribution is -2.24. The van der Waals surface area contributed by atoms with E-state index in [1.165, 1.54) is 12.1 Å². The van der Waals surface area contributed by atoms with Crippen LogP contribution in [0.5, 0.6) is 0 Å². The van der Waals surface area contributed by atoms with Crippen molar-refractivity contribution in [1.82, 2.24) is 10.2 Å². The Balaban J connectivity index is 1.82. The summed E-state index contributed by atoms with van der Waals surface area (Å²) in [5, 5.41) is 7.39. The first-order valence-electron chi connectivity index (χ1n) is 6.54. The summed E-state index contributed by atoms with van der Waals surface area (Å²) in [6.45, 7) is 0.388. The summed E-state index contributed by atoms with van der Waals surface area (Å²) in [4.78, 5) is 13.9. The largest absolute Gasteiger partial charge is 0.408 e. The summed E-state index contributed by atoms with van der Waals surface area (Å²) in [6.07, 6.45) is 1.38. The van der Waals surface area contributed by atoms with E-state index in [1.54, 1.807) is 17.0 Å². The first kappa shape index (κ1) is 14.5. The average molecular weight is 322 g/mol. The van der Waals surface area contributed by atoms with Crippen molar-refractivity contribution in [2.45, 2.75) is 17.2 Å². The highest BCUT2D eigenvalue weighted by Gasteiger charge is 2.34. The van der Waals surface area contributed by atoms with E-state index in [0.29, 0.717) is 18.1 Å². The third kappa shape index (κ3) is 2.67. The van der Waals surface area contributed by atoms with Crippen LogP contribution in [0, 0.1) is 0 Å². The summed E-state index contributed by atoms with van der Waals surface area (Å²) in [7, 11) is -3.26. The second-order valence-electron chi connectivity index (χ2n) is 5.15. The van der Waals surface area contributed by atoms with E-state index in [9.17, 15) is 13.2 Å². The summed E-state index contributed by atoms with van der Waals surface area (Å²) in [6, 6.07) is 6.15. The van der Waals surface area contributed by atoms with Gasteiger partial charge in [0.15, 0.2) is 9.84 Å². The van der Waals surface area contributed by atoms with Crippen LogP contribution in [0.15, 0.2) is 33.6 Å². The SMILES string of the molecule is CS(=O)(=O)c1ccc(N2CC(c3nnc(N)o3)CC2=O)cc1. The van der Waals surface area contributed by atoms with Gasteiger partial charge in [0.25, 0.3) is 0 Å². The molecular formula is C13H14N4O4S. The van der Waals surface area contributed by atoms with Gasteiger partial charge in [0.05, 0.1) is 10.8 Å². The summed E-state index contributed by atoms with van der Waals surface area (Å²) < 4.78 is 28.1. The molecule has 1 aliphatic heterocycles. The van der Waals surface area contributed by atoms with Crippen molar-refractivity contribution in [3.05, 3.63) is 30.2 Å². The molecule has 1 aromatic carbocycles. The number of carbonyl (C=O) groups is 1. The number of anilines is 2. The molecule has 1 fully saturated rings. The number of nitrogens with two attached hydrogens (primary N) is 1. The van der Waals surface area contributed by atoms with Gasteiger partial charge in [-0.2, -0.15) is 0 Å². The highest BCUT2D eigenvalue weighted by atomic mass is 32.2. The number of hydrogen-bond donors (Lipinski definition) is 1. The van der Waals surface area contributed by atoms with Gasteiger partial charge in [0, 0.05) is 24.9 Å². The fourth-order valence-corrected chi connectivity index (χ4v) is 3.04. The summed E-state index contributed by atoms with van der Waals surface area (Å²) in [5.74, 6) is 0.0295. The predicted octanol–water partition coefficient (Wildman–Crippen LogP) is 0.576. The minimum absolute atomic E-state index is 0.0293. The zero-order valence-electron chi connectivity index (χ0n) is 11.8. The van der Waals surface area contributed by atoms with E-state index >= 15 is 0 Å². The van der Waals surface area contributed by atoms with Crippen LogP contribution in [0.25, 0.3) is 0 Å². The molecule has 116 valence electrons. The van der Waals surface area contributed by atoms with Gasteiger partial charge in [-0.15, -0.1) is 5.10 Å². The van der Waals surface area contributed by atoms with Gasteiger partial charge in [-0.25, -0.2) is 8.42 Å². The molecule has 2 heterocycles. The molecule has 22 heavy (non-hydrogen) atoms. The van der Waals surface area contributed by atoms with Crippen LogP contribution in [0.1, 0.15) is 18.2 Å². The monoisotopic (exact) mass is 322 g/mol. The van der Waals surface area contributed by atoms with Crippen molar-refractivity contribution < 1.29 is 17.6 Å². The Labute approximate surface area is 126 Å². The quantitative estimate of drug-likeness (QED) is 0.877. The molecule has 8 nitrogen and oxygen atoms in total. The van der Waals surface area contributed by atoms with Gasteiger partial charge in [0.2, 0.25) is 11.8 Å². The minimum Gasteiger partial charge on any atom is -0.408 e. The number of nitrogens with zero attached hydrogens (tertiary/aromatic N) is 3. The second kappa shape index (κ2) is 5.09. The number of sulfone groups is 1. The van der Waals surface area contributed by atoms with E-state index < -0.39 is 9.84 Å². The highest BCUT2D eigenvalue weighted by Crippen LogP contribution is 2.31. The smallest absolute Gasteiger partial charge is 0.312 e. The molecule has 2 aromatic rings. The third-order valence-corrected chi connectivity index (χ3v) is 4.64. The van der Waals surface area contributed by atoms with Crippen LogP contribution in [-0.4, -0.2) is 37.3 Å². The first-order chi connectivity index (χ1) is 10.3. The van der Waals surface area contributed by atoms with Gasteiger partial charge in [-0.3, -0.25) is 4.79 Å². The predicted molar refractivity (Wildman–Crippen MR) is 78.0 cm³/mol. The number of hydrogen-bond acceptors (Lipinski definition) is 7. The second-order valence-corrected chi connectivity index (χ2v) is 7.17. The first-order valence-corrected chi connectivity index (χ1v) is 8.43. The zero-order valence-corrected chi connectivity index (χ0v) is 12.6. The van der Waals surface area contributed by atoms with E-state index in [-0.39, 0.29) is 29.2 Å². The number of rotatable bonds is 3. The summed E-state index contributed by atoms with van der Waals surface area (Å²) >= 11 is 0. The molecule has 1 aromatic heterocycles. The molecule has 1 atom stereocenters. The Kier molecular flexibility index (Phi) is 3.36. The van der Waals surface area contributed by atoms with Crippen LogP contribution >= 0.6 is 0 Å². The highest BCUT2D eigenvalue weighted by molar-refractivity contribution is 7.90. The number of amides is 1. The molecule has 3 rings (SSSR count). The standard InChI is InChI=1S/C13H14N4O4S/c1-22(19,20)10-4-2-9(3-5-10)17-7-8(6-11(17)18)12-15-16-13(14)21-12/h2-5,8H,6-7H2,1H3,(H2,14,16). The van der Waals surface area contributed by atoms with Crippen molar-refractivity contribution in [3.8, 4) is 0 Å². The third-order valence-electron chi connectivity index (χ3n) is 3.51. The number of carbonyl (C=O) groups excluding carboxylic acids is 1. The van der Waals surface area contributed by atoms with Gasteiger partial charge < -0.3 is 15.1 Å². The molecule has 0 radical (unpaired) electrons. The molecular weight excluding hydrogens is 308 g/mol. The Bertz CT molecular complexity index is 813. The van der Waals surface area contributed by atoms with Crippen LogP contribution in [0.3, 0.4) is 0 Å². The fourth-order valence-electron chi connectivity index (χ4n) is 2.41. The van der Waals surface area contributed by atoms with Crippen molar-refractivity contribution >= 4 is 27.4 Å². The van der Waals surface area contributed by atoms with Crippen molar-refractivity contribution in [1.29, 1.82) is 0 Å². The van der Waals surface area contributed by atoms with Crippen LogP contribution in [-0.2, 0) is 14.6 Å². The molecule has 0 saturated carbocycles. The van der Waals surface area contributed by atoms with Crippen molar-refractivity contribution in [2.75, 3.05) is 23.4 Å². The Morgan fingerprint density at radius 2 is 1.95 bits per heavy atom. The minimum atomic E-state index is -3.26. The number of nitrogen functional groups attached to an aromatic ring is 1. The van der Waals surface area contributed by atoms with Crippen LogP contribution < -0.4 is 10.6 Å². The maximum atomic E-state index is 12.1. The van der Waals surface area contributed by atoms with E-state index in [1.807, 2.05) is 0 Å². The van der Waals surface area contributed by atoms with Crippen LogP contribution in [0.4, 0.5) is 11.7 Å².